The predicted molar refractivity (Wildman–Crippen MR) is 111 cm³/mol. The second-order valence-corrected chi connectivity index (χ2v) is 8.26. The Balaban J connectivity index is 1.59. The number of methoxy groups -OCH3 is 1. The zero-order valence-electron chi connectivity index (χ0n) is 18.4. The Morgan fingerprint density at radius 3 is 2.43 bits per heavy atom. The van der Waals surface area contributed by atoms with Gasteiger partial charge in [-0.2, -0.15) is 13.2 Å². The van der Waals surface area contributed by atoms with Gasteiger partial charge in [-0.1, -0.05) is 0 Å². The molecule has 2 aromatic rings. The van der Waals surface area contributed by atoms with Gasteiger partial charge in [0.25, 0.3) is 5.91 Å². The second kappa shape index (κ2) is 8.74. The van der Waals surface area contributed by atoms with Gasteiger partial charge in [0.05, 0.1) is 24.1 Å². The molecule has 1 spiro atoms. The number of aromatic hydroxyl groups is 1. The molecule has 2 aliphatic rings. The van der Waals surface area contributed by atoms with Gasteiger partial charge in [-0.15, -0.1) is 0 Å². The molecule has 1 saturated heterocycles. The highest BCUT2D eigenvalue weighted by Crippen LogP contribution is 2.42. The minimum absolute atomic E-state index is 0.0549. The predicted octanol–water partition coefficient (Wildman–Crippen LogP) is 2.32. The van der Waals surface area contributed by atoms with E-state index in [9.17, 15) is 37.8 Å². The van der Waals surface area contributed by atoms with E-state index in [4.69, 9.17) is 9.47 Å². The number of alkyl halides is 3. The quantitative estimate of drug-likeness (QED) is 0.652. The Morgan fingerprint density at radius 2 is 1.83 bits per heavy atom. The Bertz CT molecular complexity index is 1180. The highest BCUT2D eigenvalue weighted by atomic mass is 19.4. The lowest BCUT2D eigenvalue weighted by molar-refractivity contribution is -0.199. The smallest absolute Gasteiger partial charge is 0.471 e. The van der Waals surface area contributed by atoms with Gasteiger partial charge in [-0.25, -0.2) is 19.7 Å². The van der Waals surface area contributed by atoms with E-state index < -0.39 is 48.8 Å². The van der Waals surface area contributed by atoms with E-state index in [1.165, 1.54) is 25.6 Å². The third-order valence-electron chi connectivity index (χ3n) is 6.38. The molecule has 1 aromatic heterocycles. The number of hydrogen-bond donors (Lipinski definition) is 2. The molecule has 11 nitrogen and oxygen atoms in total. The van der Waals surface area contributed by atoms with Crippen LogP contribution < -0.4 is 9.47 Å². The summed E-state index contributed by atoms with van der Waals surface area (Å²) in [6, 6.07) is 2.99. The summed E-state index contributed by atoms with van der Waals surface area (Å²) >= 11 is 0. The number of hydrogen-bond acceptors (Lipinski definition) is 8. The van der Waals surface area contributed by atoms with E-state index in [0.29, 0.717) is 15.3 Å². The Labute approximate surface area is 196 Å². The van der Waals surface area contributed by atoms with Crippen molar-refractivity contribution < 1.29 is 47.2 Å². The summed E-state index contributed by atoms with van der Waals surface area (Å²) in [5, 5.41) is 19.6. The summed E-state index contributed by atoms with van der Waals surface area (Å²) in [6.07, 6.45) is -6.57. The van der Waals surface area contributed by atoms with Crippen molar-refractivity contribution in [2.24, 2.45) is 0 Å². The number of carbonyl (C=O) groups is 3. The van der Waals surface area contributed by atoms with Crippen LogP contribution in [0.1, 0.15) is 25.7 Å². The van der Waals surface area contributed by atoms with Gasteiger partial charge in [0.1, 0.15) is 11.9 Å². The van der Waals surface area contributed by atoms with Gasteiger partial charge < -0.3 is 24.6 Å². The van der Waals surface area contributed by atoms with Crippen LogP contribution in [0.4, 0.5) is 18.0 Å². The van der Waals surface area contributed by atoms with Crippen LogP contribution in [0.2, 0.25) is 0 Å². The van der Waals surface area contributed by atoms with Crippen LogP contribution in [0.15, 0.2) is 18.5 Å². The van der Waals surface area contributed by atoms with Crippen molar-refractivity contribution >= 4 is 28.8 Å². The number of rotatable bonds is 3. The minimum Gasteiger partial charge on any atom is -0.493 e. The fraction of sp³-hybridized carbons (Fsp3) is 0.476. The topological polar surface area (TPSA) is 142 Å². The van der Waals surface area contributed by atoms with Crippen molar-refractivity contribution in [1.82, 2.24) is 19.8 Å². The lowest BCUT2D eigenvalue weighted by Crippen LogP contribution is -2.70. The van der Waals surface area contributed by atoms with Crippen molar-refractivity contribution in [3.8, 4) is 17.4 Å². The molecule has 2 heterocycles. The number of carboxylic acid groups (broad SMARTS) is 1. The fourth-order valence-corrected chi connectivity index (χ4v) is 4.67. The number of benzene rings is 1. The molecular formula is C21H21F3N4O7. The van der Waals surface area contributed by atoms with Crippen molar-refractivity contribution in [3.63, 3.8) is 0 Å². The van der Waals surface area contributed by atoms with Crippen LogP contribution in [0.5, 0.6) is 17.4 Å². The second-order valence-electron chi connectivity index (χ2n) is 8.26. The first kappa shape index (κ1) is 24.3. The maximum absolute atomic E-state index is 13.3. The van der Waals surface area contributed by atoms with Gasteiger partial charge in [-0.3, -0.25) is 9.59 Å². The molecule has 4 rings (SSSR count). The highest BCUT2D eigenvalue weighted by molar-refractivity contribution is 6.01. The number of nitrogens with zero attached hydrogens (tertiary/aromatic N) is 4. The van der Waals surface area contributed by atoms with Gasteiger partial charge >= 0.3 is 18.2 Å². The summed E-state index contributed by atoms with van der Waals surface area (Å²) in [7, 11) is 1.40. The minimum atomic E-state index is -5.21. The zero-order valence-corrected chi connectivity index (χ0v) is 18.4. The van der Waals surface area contributed by atoms with Crippen molar-refractivity contribution in [3.05, 3.63) is 18.5 Å². The van der Waals surface area contributed by atoms with Gasteiger partial charge in [-0.05, 0) is 31.7 Å². The first-order valence-corrected chi connectivity index (χ1v) is 10.6. The number of halogens is 3. The number of imide groups is 1. The molecule has 0 radical (unpaired) electrons. The van der Waals surface area contributed by atoms with Gasteiger partial charge in [0, 0.05) is 19.2 Å². The van der Waals surface area contributed by atoms with Gasteiger partial charge in [0.2, 0.25) is 5.88 Å². The molecule has 2 N–H and O–H groups in total. The van der Waals surface area contributed by atoms with E-state index in [-0.39, 0.29) is 48.4 Å². The largest absolute Gasteiger partial charge is 0.493 e. The normalized spacial score (nSPS) is 23.0. The summed E-state index contributed by atoms with van der Waals surface area (Å²) < 4.78 is 51.1. The third-order valence-corrected chi connectivity index (χ3v) is 6.38. The van der Waals surface area contributed by atoms with Crippen LogP contribution in [0, 0.1) is 0 Å². The molecule has 0 unspecified atom stereocenters. The lowest BCUT2D eigenvalue weighted by atomic mass is 9.76. The van der Waals surface area contributed by atoms with Crippen LogP contribution in [0.25, 0.3) is 10.9 Å². The van der Waals surface area contributed by atoms with Gasteiger partial charge in [0.15, 0.2) is 11.5 Å². The molecule has 0 atom stereocenters. The summed E-state index contributed by atoms with van der Waals surface area (Å²) in [4.78, 5) is 45.3. The highest BCUT2D eigenvalue weighted by Gasteiger charge is 2.58. The molecule has 1 aromatic carbocycles. The van der Waals surface area contributed by atoms with E-state index >= 15 is 0 Å². The average Bonchev–Trinajstić information content (AvgIpc) is 2.81. The van der Waals surface area contributed by atoms with E-state index in [2.05, 4.69) is 9.97 Å². The van der Waals surface area contributed by atoms with Crippen LogP contribution in [-0.2, 0) is 9.59 Å². The van der Waals surface area contributed by atoms with Crippen LogP contribution in [-0.4, -0.2) is 85.9 Å². The van der Waals surface area contributed by atoms with E-state index in [1.807, 2.05) is 0 Å². The SMILES string of the molecule is COc1cc2ncnc(O)c2cc1O[C@H]1CC[C@]2(CC1)C(=O)N(C(=O)O)CCN2C(=O)C(F)(F)F. The number of amides is 3. The molecular weight excluding hydrogens is 477 g/mol. The number of aromatic nitrogens is 2. The average molecular weight is 498 g/mol. The molecule has 2 fully saturated rings. The third kappa shape index (κ3) is 4.23. The number of fused-ring (bicyclic) bond motifs is 1. The zero-order chi connectivity index (χ0) is 25.5. The molecule has 3 amide bonds. The summed E-state index contributed by atoms with van der Waals surface area (Å²) in [5.74, 6) is -3.01. The van der Waals surface area contributed by atoms with E-state index in [0.717, 1.165) is 0 Å². The maximum atomic E-state index is 13.3. The standard InChI is InChI=1S/C21H21F3N4O7/c1-34-14-9-13-12(16(29)26-10-25-13)8-15(14)35-11-2-4-20(5-3-11)17(30)27(19(32)33)6-7-28(20)18(31)21(22,23)24/h8-11H,2-7H2,1H3,(H,32,33)(H,25,26,29)/t11-,20-. The van der Waals surface area contributed by atoms with E-state index in [1.54, 1.807) is 0 Å². The molecule has 0 bridgehead atoms. The maximum Gasteiger partial charge on any atom is 0.471 e. The summed E-state index contributed by atoms with van der Waals surface area (Å²) in [6.45, 7) is -1.10. The lowest BCUT2D eigenvalue weighted by Gasteiger charge is -2.50. The Hall–Kier alpha value is -3.84. The molecule has 14 heteroatoms. The van der Waals surface area contributed by atoms with Crippen LogP contribution >= 0.6 is 0 Å². The molecule has 35 heavy (non-hydrogen) atoms. The fourth-order valence-electron chi connectivity index (χ4n) is 4.67. The summed E-state index contributed by atoms with van der Waals surface area (Å²) in [5.41, 5.74) is -1.55. The van der Waals surface area contributed by atoms with Crippen LogP contribution in [0.3, 0.4) is 0 Å². The number of carbonyl (C=O) groups excluding carboxylic acids is 2. The first-order chi connectivity index (χ1) is 16.5. The number of piperazine rings is 1. The molecule has 1 saturated carbocycles. The monoisotopic (exact) mass is 498 g/mol. The first-order valence-electron chi connectivity index (χ1n) is 10.6. The van der Waals surface area contributed by atoms with Crippen molar-refractivity contribution in [1.29, 1.82) is 0 Å². The Kier molecular flexibility index (Phi) is 6.07. The van der Waals surface area contributed by atoms with Crippen molar-refractivity contribution in [2.75, 3.05) is 20.2 Å². The molecule has 1 aliphatic heterocycles. The number of ether oxygens (including phenoxy) is 2. The Morgan fingerprint density at radius 1 is 1.14 bits per heavy atom. The van der Waals surface area contributed by atoms with Crippen molar-refractivity contribution in [2.45, 2.75) is 43.5 Å². The molecule has 1 aliphatic carbocycles. The molecule has 188 valence electrons.